The van der Waals surface area contributed by atoms with E-state index in [4.69, 9.17) is 0 Å². The Morgan fingerprint density at radius 3 is 2.92 bits per heavy atom. The van der Waals surface area contributed by atoms with Gasteiger partial charge in [-0.05, 0) is 24.5 Å². The highest BCUT2D eigenvalue weighted by Gasteiger charge is 2.34. The van der Waals surface area contributed by atoms with Crippen molar-refractivity contribution in [3.8, 4) is 0 Å². The fourth-order valence-corrected chi connectivity index (χ4v) is 3.76. The van der Waals surface area contributed by atoms with Crippen LogP contribution in [0, 0.1) is 6.92 Å². The van der Waals surface area contributed by atoms with Crippen LogP contribution in [0.3, 0.4) is 0 Å². The molecule has 0 amide bonds. The minimum atomic E-state index is 0.801. The summed E-state index contributed by atoms with van der Waals surface area (Å²) >= 11 is 0. The molecule has 5 rings (SSSR count). The second kappa shape index (κ2) is 6.12. The lowest BCUT2D eigenvalue weighted by Gasteiger charge is -2.39. The van der Waals surface area contributed by atoms with Gasteiger partial charge in [-0.15, -0.1) is 0 Å². The highest BCUT2D eigenvalue weighted by molar-refractivity contribution is 5.80. The van der Waals surface area contributed by atoms with E-state index in [9.17, 15) is 0 Å². The summed E-state index contributed by atoms with van der Waals surface area (Å²) in [5, 5.41) is 15.4. The molecule has 1 unspecified atom stereocenters. The first-order valence-electron chi connectivity index (χ1n) is 8.96. The minimum absolute atomic E-state index is 0.801. The molecule has 1 aromatic carbocycles. The molecule has 0 spiro atoms. The molecule has 4 heterocycles. The highest BCUT2D eigenvalue weighted by atomic mass is 15.6. The number of H-pyrrole nitrogens is 1. The smallest absolute Gasteiger partial charge is 0.234 e. The van der Waals surface area contributed by atoms with E-state index in [-0.39, 0.29) is 0 Å². The van der Waals surface area contributed by atoms with E-state index in [0.717, 1.165) is 54.1 Å². The first-order valence-corrected chi connectivity index (χ1v) is 8.96. The summed E-state index contributed by atoms with van der Waals surface area (Å²) in [5.41, 5.74) is 3.90. The summed E-state index contributed by atoms with van der Waals surface area (Å²) in [5.74, 6) is 2.96. The van der Waals surface area contributed by atoms with Gasteiger partial charge in [-0.2, -0.15) is 5.10 Å². The van der Waals surface area contributed by atoms with Crippen LogP contribution in [0.4, 0.5) is 5.82 Å². The Balaban J connectivity index is 1.42. The van der Waals surface area contributed by atoms with Crippen LogP contribution in [0.2, 0.25) is 0 Å². The number of quaternary nitrogens is 1. The summed E-state index contributed by atoms with van der Waals surface area (Å²) in [7, 11) is 0. The Kier molecular flexibility index (Phi) is 3.62. The molecule has 0 bridgehead atoms. The van der Waals surface area contributed by atoms with E-state index >= 15 is 0 Å². The minimum Gasteiger partial charge on any atom is -0.293 e. The van der Waals surface area contributed by atoms with Crippen LogP contribution in [0.5, 0.6) is 0 Å². The zero-order valence-electron chi connectivity index (χ0n) is 14.7. The van der Waals surface area contributed by atoms with Crippen LogP contribution in [0.25, 0.3) is 0 Å². The van der Waals surface area contributed by atoms with Gasteiger partial charge in [0.1, 0.15) is 12.7 Å². The molecule has 3 N–H and O–H groups in total. The molecule has 3 aliphatic rings. The number of benzene rings is 1. The molecule has 7 nitrogen and oxygen atoms in total. The Morgan fingerprint density at radius 2 is 2.08 bits per heavy atom. The number of nitrogens with zero attached hydrogens (tertiary/aromatic N) is 4. The lowest BCUT2D eigenvalue weighted by Crippen LogP contribution is -3.10. The summed E-state index contributed by atoms with van der Waals surface area (Å²) in [4.78, 5) is 5.72. The maximum atomic E-state index is 4.57. The molecule has 7 heteroatoms. The van der Waals surface area contributed by atoms with E-state index in [0.29, 0.717) is 0 Å². The van der Waals surface area contributed by atoms with E-state index in [2.05, 4.69) is 67.2 Å². The van der Waals surface area contributed by atoms with Gasteiger partial charge in [-0.25, -0.2) is 14.9 Å². The number of anilines is 1. The number of hydrogen-bond donors (Lipinski definition) is 3. The lowest BCUT2D eigenvalue weighted by atomic mass is 10.0. The second-order valence-corrected chi connectivity index (χ2v) is 6.91. The van der Waals surface area contributed by atoms with Gasteiger partial charge in [0.05, 0.1) is 12.4 Å². The van der Waals surface area contributed by atoms with Gasteiger partial charge in [0.2, 0.25) is 11.7 Å². The summed E-state index contributed by atoms with van der Waals surface area (Å²) < 4.78 is 0. The molecule has 0 saturated carbocycles. The number of amidine groups is 1. The number of aromatic nitrogens is 2. The van der Waals surface area contributed by atoms with Crippen molar-refractivity contribution in [2.75, 3.05) is 18.4 Å². The second-order valence-electron chi connectivity index (χ2n) is 6.91. The third kappa shape index (κ3) is 2.71. The van der Waals surface area contributed by atoms with Crippen molar-refractivity contribution < 1.29 is 4.90 Å². The van der Waals surface area contributed by atoms with Gasteiger partial charge in [-0.3, -0.25) is 15.4 Å². The van der Waals surface area contributed by atoms with Crippen LogP contribution in [0.1, 0.15) is 16.8 Å². The van der Waals surface area contributed by atoms with E-state index in [1.807, 2.05) is 19.2 Å². The first-order chi connectivity index (χ1) is 12.8. The molecule has 26 heavy (non-hydrogen) atoms. The van der Waals surface area contributed by atoms with Crippen LogP contribution < -0.4 is 10.2 Å². The van der Waals surface area contributed by atoms with Crippen molar-refractivity contribution in [1.82, 2.24) is 20.2 Å². The van der Waals surface area contributed by atoms with E-state index in [1.54, 1.807) is 0 Å². The number of fused-ring (bicyclic) bond motifs is 2. The topological polar surface area (TPSA) is 64.0 Å². The summed E-state index contributed by atoms with van der Waals surface area (Å²) in [6, 6.07) is 10.7. The Hall–Kier alpha value is -2.90. The standard InChI is InChI=1S/C19H21N7/c1-14-10-17(23-22-14)21-19-13-25(12-18-20-7-9-26(18)19)24-8-6-15-4-2-3-5-16(15)11-24/h2-5,7,9-10,13H,6,8,11-12H2,1H3,(H2,21,22,23)/p+1. The third-order valence-electron chi connectivity index (χ3n) is 5.11. The number of nitrogens with one attached hydrogen (secondary N) is 3. The van der Waals surface area contributed by atoms with Gasteiger partial charge < -0.3 is 0 Å². The average molecular weight is 348 g/mol. The van der Waals surface area contributed by atoms with Gasteiger partial charge in [0, 0.05) is 24.8 Å². The molecule has 3 aliphatic heterocycles. The highest BCUT2D eigenvalue weighted by Crippen LogP contribution is 2.21. The monoisotopic (exact) mass is 348 g/mol. The quantitative estimate of drug-likeness (QED) is 0.774. The van der Waals surface area contributed by atoms with Gasteiger partial charge >= 0.3 is 0 Å². The van der Waals surface area contributed by atoms with Crippen molar-refractivity contribution in [1.29, 1.82) is 0 Å². The molecule has 1 aromatic heterocycles. The fraction of sp³-hybridized carbons (Fsp3) is 0.263. The van der Waals surface area contributed by atoms with E-state index in [1.165, 1.54) is 11.1 Å². The largest absolute Gasteiger partial charge is 0.293 e. The predicted molar refractivity (Wildman–Crippen MR) is 99.8 cm³/mol. The Labute approximate surface area is 152 Å². The molecular weight excluding hydrogens is 326 g/mol. The maximum absolute atomic E-state index is 4.57. The van der Waals surface area contributed by atoms with Crippen LogP contribution in [-0.2, 0) is 13.0 Å². The fourth-order valence-electron chi connectivity index (χ4n) is 3.76. The Bertz CT molecular complexity index is 923. The normalized spacial score (nSPS) is 21.9. The molecule has 1 atom stereocenters. The van der Waals surface area contributed by atoms with Crippen molar-refractivity contribution in [2.24, 2.45) is 4.99 Å². The van der Waals surface area contributed by atoms with Crippen molar-refractivity contribution in [2.45, 2.75) is 19.9 Å². The van der Waals surface area contributed by atoms with Gasteiger partial charge in [0.25, 0.3) is 0 Å². The molecule has 0 radical (unpaired) electrons. The average Bonchev–Trinajstić information content (AvgIpc) is 3.30. The lowest BCUT2D eigenvalue weighted by molar-refractivity contribution is -0.700. The molecule has 2 aromatic rings. The molecule has 0 fully saturated rings. The molecule has 132 valence electrons. The van der Waals surface area contributed by atoms with Gasteiger partial charge in [0.15, 0.2) is 5.82 Å². The number of aryl methyl sites for hydroxylation is 1. The van der Waals surface area contributed by atoms with Crippen LogP contribution in [0.15, 0.2) is 59.7 Å². The van der Waals surface area contributed by atoms with Crippen molar-refractivity contribution >= 4 is 11.7 Å². The van der Waals surface area contributed by atoms with E-state index < -0.39 is 0 Å². The molecule has 0 aliphatic carbocycles. The number of hydrazine groups is 1. The zero-order valence-corrected chi connectivity index (χ0v) is 14.7. The number of hydrogen-bond acceptors (Lipinski definition) is 5. The zero-order chi connectivity index (χ0) is 17.5. The Morgan fingerprint density at radius 1 is 1.19 bits per heavy atom. The van der Waals surface area contributed by atoms with Gasteiger partial charge in [-0.1, -0.05) is 24.3 Å². The molecule has 0 saturated heterocycles. The molecular formula is C19H22N7+. The number of aromatic amines is 1. The third-order valence-corrected chi connectivity index (χ3v) is 5.11. The van der Waals surface area contributed by atoms with Crippen molar-refractivity contribution in [3.63, 3.8) is 0 Å². The predicted octanol–water partition coefficient (Wildman–Crippen LogP) is 0.986. The van der Waals surface area contributed by atoms with Crippen LogP contribution in [-0.4, -0.2) is 39.1 Å². The van der Waals surface area contributed by atoms with Crippen LogP contribution >= 0.6 is 0 Å². The van der Waals surface area contributed by atoms with Crippen molar-refractivity contribution in [3.05, 3.63) is 71.6 Å². The number of rotatable bonds is 3. The number of aliphatic imine (C=N–C) groups is 1. The maximum Gasteiger partial charge on any atom is 0.234 e. The summed E-state index contributed by atoms with van der Waals surface area (Å²) in [6.07, 6.45) is 7.20. The summed E-state index contributed by atoms with van der Waals surface area (Å²) in [6.45, 7) is 4.74. The SMILES string of the molecule is Cc1cc(NC2=CN(N3CCc4ccccc4C3)CC3=NC=C[NH+]23)n[nH]1. The first kappa shape index (κ1) is 15.4.